The molecule has 0 amide bonds. The Labute approximate surface area is 256 Å². The Morgan fingerprint density at radius 3 is 1.70 bits per heavy atom. The summed E-state index contributed by atoms with van der Waals surface area (Å²) in [5.74, 6) is 0. The number of rotatable bonds is 3. The van der Waals surface area contributed by atoms with Gasteiger partial charge in [0.25, 0.3) is 0 Å². The summed E-state index contributed by atoms with van der Waals surface area (Å²) < 4.78 is 48.5. The summed E-state index contributed by atoms with van der Waals surface area (Å²) in [6.07, 6.45) is 0. The third-order valence-electron chi connectivity index (χ3n) is 8.52. The van der Waals surface area contributed by atoms with E-state index in [1.807, 2.05) is 48.5 Å². The molecule has 0 saturated heterocycles. The molecular weight excluding hydrogens is 520 g/mol. The highest BCUT2D eigenvalue weighted by molar-refractivity contribution is 6.24. The van der Waals surface area contributed by atoms with E-state index in [2.05, 4.69) is 78.9 Å². The summed E-state index contributed by atoms with van der Waals surface area (Å²) in [5, 5.41) is 8.40. The minimum atomic E-state index is -0.399. The van der Waals surface area contributed by atoms with E-state index in [-0.39, 0.29) is 29.7 Å². The van der Waals surface area contributed by atoms with Gasteiger partial charge in [-0.05, 0) is 96.0 Å². The van der Waals surface area contributed by atoms with Crippen LogP contribution in [0.4, 0.5) is 0 Å². The van der Waals surface area contributed by atoms with Gasteiger partial charge in [-0.1, -0.05) is 127 Å². The van der Waals surface area contributed by atoms with Crippen LogP contribution in [0.5, 0.6) is 0 Å². The number of furan rings is 1. The van der Waals surface area contributed by atoms with Crippen LogP contribution in [0.1, 0.15) is 6.85 Å². The average Bonchev–Trinajstić information content (AvgIpc) is 3.50. The predicted molar refractivity (Wildman–Crippen MR) is 183 cm³/mol. The Hall–Kier alpha value is -5.66. The second kappa shape index (κ2) is 9.44. The van der Waals surface area contributed by atoms with Crippen LogP contribution >= 0.6 is 0 Å². The summed E-state index contributed by atoms with van der Waals surface area (Å²) in [6, 6.07) is 41.9. The zero-order valence-electron chi connectivity index (χ0n) is 28.0. The quantitative estimate of drug-likeness (QED) is 0.199. The molecule has 200 valence electrons. The van der Waals surface area contributed by atoms with Crippen molar-refractivity contribution in [3.05, 3.63) is 158 Å². The molecular formula is C42H26O. The van der Waals surface area contributed by atoms with E-state index in [1.165, 1.54) is 0 Å². The molecule has 1 heterocycles. The molecule has 0 bridgehead atoms. The molecule has 0 unspecified atom stereocenters. The summed E-state index contributed by atoms with van der Waals surface area (Å²) in [6.45, 7) is 0. The van der Waals surface area contributed by atoms with Crippen LogP contribution in [0.25, 0.3) is 87.6 Å². The molecule has 1 heteroatoms. The van der Waals surface area contributed by atoms with Crippen molar-refractivity contribution < 1.29 is 11.3 Å². The number of hydrogen-bond donors (Lipinski definition) is 0. The second-order valence-electron chi connectivity index (χ2n) is 10.9. The third-order valence-corrected chi connectivity index (χ3v) is 8.52. The van der Waals surface area contributed by atoms with Crippen LogP contribution in [-0.2, 0) is 0 Å². The molecule has 0 saturated carbocycles. The Balaban J connectivity index is 1.40. The molecule has 0 aliphatic heterocycles. The van der Waals surface area contributed by atoms with E-state index in [9.17, 15) is 0 Å². The van der Waals surface area contributed by atoms with Crippen molar-refractivity contribution in [2.24, 2.45) is 0 Å². The SMILES string of the molecule is [2H]c1c([2H])c([2H])c(-c2cc(-c3c4ccccc4c(-c4ccc5oc6ccccc6c5c4)c4ccccc34)c3ccccc3c2)c([2H])c1[2H]. The van der Waals surface area contributed by atoms with Gasteiger partial charge in [-0.3, -0.25) is 0 Å². The first kappa shape index (κ1) is 19.5. The van der Waals surface area contributed by atoms with Gasteiger partial charge in [0.15, 0.2) is 0 Å². The first-order valence-electron chi connectivity index (χ1n) is 16.9. The fourth-order valence-electron chi connectivity index (χ4n) is 6.67. The summed E-state index contributed by atoms with van der Waals surface area (Å²) in [7, 11) is 0. The number of hydrogen-bond acceptors (Lipinski definition) is 1. The van der Waals surface area contributed by atoms with Crippen LogP contribution < -0.4 is 0 Å². The lowest BCUT2D eigenvalue weighted by atomic mass is 9.83. The van der Waals surface area contributed by atoms with Crippen molar-refractivity contribution in [1.29, 1.82) is 0 Å². The van der Waals surface area contributed by atoms with Crippen molar-refractivity contribution in [2.75, 3.05) is 0 Å². The first-order valence-corrected chi connectivity index (χ1v) is 14.4. The fraction of sp³-hybridized carbons (Fsp3) is 0. The molecule has 8 aromatic carbocycles. The summed E-state index contributed by atoms with van der Waals surface area (Å²) in [4.78, 5) is 0. The van der Waals surface area contributed by atoms with Gasteiger partial charge in [0.05, 0.1) is 6.85 Å². The van der Waals surface area contributed by atoms with E-state index in [0.29, 0.717) is 5.56 Å². The Kier molecular flexibility index (Phi) is 4.27. The number of benzene rings is 8. The molecule has 0 spiro atoms. The Morgan fingerprint density at radius 1 is 0.395 bits per heavy atom. The molecule has 1 aromatic heterocycles. The zero-order valence-corrected chi connectivity index (χ0v) is 23.0. The van der Waals surface area contributed by atoms with Gasteiger partial charge in [-0.2, -0.15) is 0 Å². The molecule has 0 N–H and O–H groups in total. The average molecular weight is 552 g/mol. The fourth-order valence-corrected chi connectivity index (χ4v) is 6.67. The Morgan fingerprint density at radius 2 is 0.977 bits per heavy atom. The highest BCUT2D eigenvalue weighted by Crippen LogP contribution is 2.47. The van der Waals surface area contributed by atoms with Crippen molar-refractivity contribution in [3.63, 3.8) is 0 Å². The lowest BCUT2D eigenvalue weighted by Gasteiger charge is -2.19. The normalized spacial score (nSPS) is 13.3. The van der Waals surface area contributed by atoms with Gasteiger partial charge in [0.1, 0.15) is 11.2 Å². The van der Waals surface area contributed by atoms with E-state index in [4.69, 9.17) is 11.3 Å². The topological polar surface area (TPSA) is 13.1 Å². The van der Waals surface area contributed by atoms with E-state index in [0.717, 1.165) is 76.5 Å². The molecule has 0 aliphatic rings. The minimum absolute atomic E-state index is 0.193. The molecule has 1 nitrogen and oxygen atoms in total. The van der Waals surface area contributed by atoms with Gasteiger partial charge in [-0.25, -0.2) is 0 Å². The van der Waals surface area contributed by atoms with Crippen molar-refractivity contribution in [2.45, 2.75) is 0 Å². The van der Waals surface area contributed by atoms with Crippen LogP contribution in [0.2, 0.25) is 0 Å². The van der Waals surface area contributed by atoms with Gasteiger partial charge < -0.3 is 4.42 Å². The maximum atomic E-state index is 8.76. The second-order valence-corrected chi connectivity index (χ2v) is 10.9. The van der Waals surface area contributed by atoms with Crippen molar-refractivity contribution >= 4 is 54.3 Å². The van der Waals surface area contributed by atoms with E-state index in [1.54, 1.807) is 0 Å². The van der Waals surface area contributed by atoms with Crippen molar-refractivity contribution in [3.8, 4) is 33.4 Å². The largest absolute Gasteiger partial charge is 0.456 e. The molecule has 0 atom stereocenters. The zero-order chi connectivity index (χ0) is 32.7. The molecule has 43 heavy (non-hydrogen) atoms. The monoisotopic (exact) mass is 551 g/mol. The predicted octanol–water partition coefficient (Wildman–Crippen LogP) is 12.0. The number of fused-ring (bicyclic) bond motifs is 6. The summed E-state index contributed by atoms with van der Waals surface area (Å²) in [5.41, 5.74) is 6.67. The minimum Gasteiger partial charge on any atom is -0.456 e. The van der Waals surface area contributed by atoms with Gasteiger partial charge in [-0.15, -0.1) is 0 Å². The van der Waals surface area contributed by atoms with Crippen LogP contribution in [0.15, 0.2) is 162 Å². The lowest BCUT2D eigenvalue weighted by molar-refractivity contribution is 0.669. The highest BCUT2D eigenvalue weighted by Gasteiger charge is 2.19. The van der Waals surface area contributed by atoms with Crippen LogP contribution in [0, 0.1) is 0 Å². The maximum absolute atomic E-state index is 8.76. The Bertz CT molecular complexity index is 2710. The lowest BCUT2D eigenvalue weighted by Crippen LogP contribution is -1.92. The maximum Gasteiger partial charge on any atom is 0.135 e. The molecule has 0 fully saturated rings. The molecule has 9 rings (SSSR count). The smallest absolute Gasteiger partial charge is 0.135 e. The van der Waals surface area contributed by atoms with Crippen LogP contribution in [-0.4, -0.2) is 0 Å². The highest BCUT2D eigenvalue weighted by atomic mass is 16.3. The number of para-hydroxylation sites is 1. The van der Waals surface area contributed by atoms with Crippen molar-refractivity contribution in [1.82, 2.24) is 0 Å². The van der Waals surface area contributed by atoms with E-state index >= 15 is 0 Å². The molecule has 0 aliphatic carbocycles. The van der Waals surface area contributed by atoms with E-state index < -0.39 is 6.04 Å². The summed E-state index contributed by atoms with van der Waals surface area (Å²) >= 11 is 0. The molecule has 9 aromatic rings. The van der Waals surface area contributed by atoms with Gasteiger partial charge in [0, 0.05) is 10.8 Å². The standard InChI is InChI=1S/C42H26O/c1-2-12-27(13-3-1)30-24-28-14-4-5-15-31(28)38(26-30)42-35-19-8-6-17-33(35)41(34-18-7-9-20-36(34)42)29-22-23-40-37(25-29)32-16-10-11-21-39(32)43-40/h1-26H/i1D,2D,3D,12D,13D. The third kappa shape index (κ3) is 3.72. The first-order chi connectivity index (χ1) is 23.4. The van der Waals surface area contributed by atoms with Gasteiger partial charge in [0.2, 0.25) is 0 Å². The van der Waals surface area contributed by atoms with Gasteiger partial charge >= 0.3 is 0 Å². The van der Waals surface area contributed by atoms with Crippen LogP contribution in [0.3, 0.4) is 0 Å². The molecule has 0 radical (unpaired) electrons.